The zero-order valence-corrected chi connectivity index (χ0v) is 23.4. The maximum Gasteiger partial charge on any atom is 0.316 e. The third-order valence-electron chi connectivity index (χ3n) is 7.21. The monoisotopic (exact) mass is 508 g/mol. The van der Waals surface area contributed by atoms with Crippen molar-refractivity contribution in [3.8, 4) is 5.75 Å². The second-order valence-electron chi connectivity index (χ2n) is 9.90. The van der Waals surface area contributed by atoms with E-state index in [0.717, 1.165) is 44.6 Å². The summed E-state index contributed by atoms with van der Waals surface area (Å²) in [7, 11) is 5.37. The van der Waals surface area contributed by atoms with Gasteiger partial charge in [0.05, 0.1) is 19.3 Å². The summed E-state index contributed by atoms with van der Waals surface area (Å²) in [5.74, 6) is -0.293. The zero-order valence-electron chi connectivity index (χ0n) is 22.5. The molecule has 1 heterocycles. The highest BCUT2D eigenvalue weighted by Gasteiger charge is 2.41. The number of ether oxygens (including phenoxy) is 3. The normalized spacial score (nSPS) is 18.6. The summed E-state index contributed by atoms with van der Waals surface area (Å²) < 4.78 is 18.5. The minimum Gasteiger partial charge on any atom is -0.497 e. The van der Waals surface area contributed by atoms with Crippen molar-refractivity contribution < 1.29 is 23.8 Å². The molecule has 2 rings (SSSR count). The number of piperidine rings is 1. The summed E-state index contributed by atoms with van der Waals surface area (Å²) in [6, 6.07) is 8.11. The van der Waals surface area contributed by atoms with Crippen molar-refractivity contribution in [2.24, 2.45) is 17.8 Å². The van der Waals surface area contributed by atoms with E-state index in [1.807, 2.05) is 12.1 Å². The maximum atomic E-state index is 12.8. The zero-order chi connectivity index (χ0) is 26.0. The summed E-state index contributed by atoms with van der Waals surface area (Å²) in [6.07, 6.45) is 2.88. The topological polar surface area (TPSA) is 68.3 Å². The first-order chi connectivity index (χ1) is 16.7. The first-order valence-corrected chi connectivity index (χ1v) is 13.4. The Morgan fingerprint density at radius 2 is 1.74 bits per heavy atom. The van der Waals surface area contributed by atoms with Gasteiger partial charge >= 0.3 is 5.97 Å². The van der Waals surface area contributed by atoms with Gasteiger partial charge in [-0.05, 0) is 68.9 Å². The molecule has 0 bridgehead atoms. The molecule has 7 nitrogen and oxygen atoms in total. The smallest absolute Gasteiger partial charge is 0.316 e. The lowest BCUT2D eigenvalue weighted by atomic mass is 9.86. The third kappa shape index (κ3) is 8.48. The molecular formula is C27H44N2O5S. The van der Waals surface area contributed by atoms with E-state index in [1.54, 1.807) is 40.0 Å². The molecule has 1 aliphatic heterocycles. The number of Topliss-reactive ketones (excluding diaryl/α,β-unsaturated/α-hetero) is 1. The van der Waals surface area contributed by atoms with Gasteiger partial charge in [0, 0.05) is 37.6 Å². The van der Waals surface area contributed by atoms with Crippen molar-refractivity contribution in [1.82, 2.24) is 9.21 Å². The number of hydrogen-bond donors (Lipinski definition) is 0. The lowest BCUT2D eigenvalue weighted by Gasteiger charge is -2.47. The van der Waals surface area contributed by atoms with E-state index in [4.69, 9.17) is 14.2 Å². The van der Waals surface area contributed by atoms with Crippen LogP contribution in [0.15, 0.2) is 29.2 Å². The van der Waals surface area contributed by atoms with Crippen LogP contribution in [-0.2, 0) is 19.1 Å². The van der Waals surface area contributed by atoms with Crippen molar-refractivity contribution in [3.63, 3.8) is 0 Å². The minimum atomic E-state index is -0.789. The van der Waals surface area contributed by atoms with E-state index < -0.39 is 11.9 Å². The van der Waals surface area contributed by atoms with E-state index >= 15 is 0 Å². The molecule has 0 spiro atoms. The summed E-state index contributed by atoms with van der Waals surface area (Å²) in [5, 5.41) is 0. The van der Waals surface area contributed by atoms with E-state index in [9.17, 15) is 9.59 Å². The van der Waals surface area contributed by atoms with Crippen molar-refractivity contribution in [2.45, 2.75) is 57.4 Å². The van der Waals surface area contributed by atoms with Crippen LogP contribution in [0.3, 0.4) is 0 Å². The van der Waals surface area contributed by atoms with Crippen molar-refractivity contribution in [2.75, 3.05) is 54.1 Å². The Morgan fingerprint density at radius 1 is 1.11 bits per heavy atom. The van der Waals surface area contributed by atoms with Gasteiger partial charge in [0.25, 0.3) is 0 Å². The van der Waals surface area contributed by atoms with Gasteiger partial charge in [0.2, 0.25) is 0 Å². The molecule has 3 atom stereocenters. The van der Waals surface area contributed by atoms with Gasteiger partial charge in [0.15, 0.2) is 5.78 Å². The molecule has 0 amide bonds. The molecule has 35 heavy (non-hydrogen) atoms. The highest BCUT2D eigenvalue weighted by molar-refractivity contribution is 7.97. The van der Waals surface area contributed by atoms with Crippen LogP contribution in [0.25, 0.3) is 0 Å². The summed E-state index contributed by atoms with van der Waals surface area (Å²) in [5.41, 5.74) is -0.239. The Labute approximate surface area is 216 Å². The predicted molar refractivity (Wildman–Crippen MR) is 141 cm³/mol. The van der Waals surface area contributed by atoms with E-state index in [2.05, 4.69) is 42.2 Å². The number of carbonyl (C=O) groups is 2. The average molecular weight is 509 g/mol. The average Bonchev–Trinajstić information content (AvgIpc) is 2.87. The molecule has 1 aliphatic rings. The van der Waals surface area contributed by atoms with Crippen LogP contribution in [0.4, 0.5) is 0 Å². The Kier molecular flexibility index (Phi) is 12.0. The lowest BCUT2D eigenvalue weighted by molar-refractivity contribution is -0.157. The molecule has 0 aromatic heterocycles. The molecule has 1 saturated heterocycles. The fraction of sp³-hybridized carbons (Fsp3) is 0.704. The molecule has 0 saturated carbocycles. The molecule has 1 aromatic carbocycles. The van der Waals surface area contributed by atoms with Gasteiger partial charge in [-0.25, -0.2) is 4.31 Å². The van der Waals surface area contributed by atoms with E-state index in [-0.39, 0.29) is 17.2 Å². The first-order valence-electron chi connectivity index (χ1n) is 12.6. The largest absolute Gasteiger partial charge is 0.497 e. The SMILES string of the molecule is CC[C@@H](C)CN(C)C1(COC(=O)C(C)C(=O)[C@H](C)COC)CCN(Sc2ccc(OC)cc2)CC1. The first kappa shape index (κ1) is 29.6. The molecule has 1 fully saturated rings. The van der Waals surface area contributed by atoms with Crippen molar-refractivity contribution in [3.05, 3.63) is 24.3 Å². The Balaban J connectivity index is 2.04. The number of likely N-dealkylation sites (N-methyl/N-ethyl adjacent to an activating group) is 1. The van der Waals surface area contributed by atoms with Crippen molar-refractivity contribution >= 4 is 23.7 Å². The number of hydrogen-bond acceptors (Lipinski definition) is 8. The number of rotatable bonds is 14. The van der Waals surface area contributed by atoms with Crippen LogP contribution in [0, 0.1) is 17.8 Å². The molecular weight excluding hydrogens is 464 g/mol. The number of nitrogens with zero attached hydrogens (tertiary/aromatic N) is 2. The Morgan fingerprint density at radius 3 is 2.29 bits per heavy atom. The standard InChI is InChI=1S/C27H44N2O5S/c1-8-20(2)17-28(5)27(19-34-26(31)22(4)25(30)21(3)18-32-6)13-15-29(16-14-27)35-24-11-9-23(33-7)10-12-24/h9-12,20-22H,8,13-19H2,1-7H3/t20-,21-,22?/m1/s1. The van der Waals surface area contributed by atoms with Gasteiger partial charge in [0.1, 0.15) is 18.3 Å². The highest BCUT2D eigenvalue weighted by Crippen LogP contribution is 2.35. The van der Waals surface area contributed by atoms with E-state index in [1.165, 1.54) is 4.90 Å². The van der Waals surface area contributed by atoms with Crippen LogP contribution in [0.5, 0.6) is 5.75 Å². The Hall–Kier alpha value is -1.61. The predicted octanol–water partition coefficient (Wildman–Crippen LogP) is 4.55. The minimum absolute atomic E-state index is 0.135. The molecule has 1 unspecified atom stereocenters. The quantitative estimate of drug-likeness (QED) is 0.206. The molecule has 8 heteroatoms. The number of ketones is 1. The van der Waals surface area contributed by atoms with E-state index in [0.29, 0.717) is 19.1 Å². The molecule has 0 N–H and O–H groups in total. The van der Waals surface area contributed by atoms with Gasteiger partial charge in [-0.2, -0.15) is 0 Å². The fourth-order valence-electron chi connectivity index (χ4n) is 4.41. The van der Waals surface area contributed by atoms with Crippen LogP contribution >= 0.6 is 11.9 Å². The van der Waals surface area contributed by atoms with Gasteiger partial charge in [-0.1, -0.05) is 27.2 Å². The Bertz CT molecular complexity index is 795. The highest BCUT2D eigenvalue weighted by atomic mass is 32.2. The lowest BCUT2D eigenvalue weighted by Crippen LogP contribution is -2.57. The molecule has 1 aromatic rings. The van der Waals surface area contributed by atoms with Gasteiger partial charge in [-0.15, -0.1) is 0 Å². The number of methoxy groups -OCH3 is 2. The van der Waals surface area contributed by atoms with Crippen LogP contribution in [-0.4, -0.2) is 80.6 Å². The second-order valence-corrected chi connectivity index (χ2v) is 11.1. The molecule has 0 radical (unpaired) electrons. The molecule has 198 valence electrons. The van der Waals surface area contributed by atoms with Crippen molar-refractivity contribution in [1.29, 1.82) is 0 Å². The summed E-state index contributed by atoms with van der Waals surface area (Å²) in [6.45, 7) is 11.2. The summed E-state index contributed by atoms with van der Waals surface area (Å²) in [4.78, 5) is 28.9. The van der Waals surface area contributed by atoms with Crippen LogP contribution < -0.4 is 4.74 Å². The fourth-order valence-corrected chi connectivity index (χ4v) is 5.33. The number of benzene rings is 1. The molecule has 0 aliphatic carbocycles. The maximum absolute atomic E-state index is 12.8. The van der Waals surface area contributed by atoms with Gasteiger partial charge in [-0.3, -0.25) is 14.5 Å². The van der Waals surface area contributed by atoms with Gasteiger partial charge < -0.3 is 14.2 Å². The van der Waals surface area contributed by atoms with Crippen LogP contribution in [0.1, 0.15) is 47.0 Å². The second kappa shape index (κ2) is 14.2. The number of esters is 1. The van der Waals surface area contributed by atoms with Crippen LogP contribution in [0.2, 0.25) is 0 Å². The number of carbonyl (C=O) groups excluding carboxylic acids is 2. The third-order valence-corrected chi connectivity index (χ3v) is 8.31. The summed E-state index contributed by atoms with van der Waals surface area (Å²) >= 11 is 1.75.